The van der Waals surface area contributed by atoms with E-state index in [-0.39, 0.29) is 0 Å². The average Bonchev–Trinajstić information content (AvgIpc) is 2.76. The Bertz CT molecular complexity index is 510. The molecular formula is C24H48S3Sn3. The molecule has 6 heteroatoms. The molecule has 0 bridgehead atoms. The molecule has 0 atom stereocenters. The third-order valence-corrected chi connectivity index (χ3v) is 252. The molecule has 0 aliphatic carbocycles. The van der Waals surface area contributed by atoms with E-state index < -0.39 is 46.8 Å². The van der Waals surface area contributed by atoms with Crippen LogP contribution in [0.3, 0.4) is 0 Å². The summed E-state index contributed by atoms with van der Waals surface area (Å²) in [6.07, 6.45) is 22.8. The normalized spacial score (nSPS) is 19.1. The van der Waals surface area contributed by atoms with Gasteiger partial charge in [-0.25, -0.2) is 0 Å². The van der Waals surface area contributed by atoms with Crippen molar-refractivity contribution in [1.29, 1.82) is 0 Å². The van der Waals surface area contributed by atoms with Gasteiger partial charge in [0, 0.05) is 0 Å². The second kappa shape index (κ2) is 17.2. The molecule has 1 fully saturated rings. The van der Waals surface area contributed by atoms with Gasteiger partial charge in [0.05, 0.1) is 0 Å². The van der Waals surface area contributed by atoms with Crippen LogP contribution in [0.1, 0.15) is 98.8 Å². The van der Waals surface area contributed by atoms with E-state index in [1.54, 1.807) is 22.2 Å². The second-order valence-electron chi connectivity index (χ2n) is 8.92. The summed E-state index contributed by atoms with van der Waals surface area (Å²) in [5.74, 6) is 0. The molecule has 0 spiro atoms. The standard InChI is InChI=1S/5C4H9.C4H3.3S.3Sn/c6*1-3-4-2;;;;;;/h5*1,3-4H2,2H3;1H,2H2;;;;;;. The van der Waals surface area contributed by atoms with Crippen LogP contribution in [0, 0.1) is 0 Å². The van der Waals surface area contributed by atoms with Gasteiger partial charge in [0.2, 0.25) is 0 Å². The Morgan fingerprint density at radius 3 is 1.30 bits per heavy atom. The average molecular weight is 789 g/mol. The molecule has 0 nitrogen and oxygen atoms in total. The van der Waals surface area contributed by atoms with E-state index in [1.165, 1.54) is 64.2 Å². The first-order valence-electron chi connectivity index (χ1n) is 12.7. The van der Waals surface area contributed by atoms with Gasteiger partial charge in [-0.2, -0.15) is 0 Å². The molecule has 0 aromatic heterocycles. The molecular weight excluding hydrogens is 741 g/mol. The Morgan fingerprint density at radius 2 is 0.967 bits per heavy atom. The van der Waals surface area contributed by atoms with Crippen LogP contribution in [0.15, 0.2) is 22.1 Å². The van der Waals surface area contributed by atoms with Crippen molar-refractivity contribution in [3.05, 3.63) is 22.1 Å². The summed E-state index contributed by atoms with van der Waals surface area (Å²) in [5.41, 5.74) is 6.54. The summed E-state index contributed by atoms with van der Waals surface area (Å²) in [4.78, 5) is 0. The van der Waals surface area contributed by atoms with E-state index in [4.69, 9.17) is 0 Å². The fourth-order valence-electron chi connectivity index (χ4n) is 4.29. The zero-order chi connectivity index (χ0) is 22.3. The molecule has 1 aliphatic heterocycles. The van der Waals surface area contributed by atoms with Gasteiger partial charge in [0.25, 0.3) is 0 Å². The second-order valence-corrected chi connectivity index (χ2v) is 109. The van der Waals surface area contributed by atoms with Crippen molar-refractivity contribution in [2.75, 3.05) is 0 Å². The fraction of sp³-hybridized carbons (Fsp3) is 0.833. The maximum atomic E-state index is 3.90. The quantitative estimate of drug-likeness (QED) is 0.113. The first-order chi connectivity index (χ1) is 14.5. The zero-order valence-electron chi connectivity index (χ0n) is 20.6. The number of hydrogen-bond donors (Lipinski definition) is 0. The summed E-state index contributed by atoms with van der Waals surface area (Å²) < 4.78 is 10.9. The van der Waals surface area contributed by atoms with Crippen LogP contribution in [-0.4, -0.2) is 46.8 Å². The van der Waals surface area contributed by atoms with E-state index in [1.807, 2.05) is 0 Å². The number of hydrogen-bond acceptors (Lipinski definition) is 3. The van der Waals surface area contributed by atoms with Crippen molar-refractivity contribution in [3.8, 4) is 0 Å². The van der Waals surface area contributed by atoms with Crippen LogP contribution in [-0.2, 0) is 0 Å². The first kappa shape index (κ1) is 30.8. The van der Waals surface area contributed by atoms with Crippen LogP contribution in [0.25, 0.3) is 0 Å². The molecule has 0 amide bonds. The molecule has 30 heavy (non-hydrogen) atoms. The Hall–Kier alpha value is 2.75. The predicted molar refractivity (Wildman–Crippen MR) is 156 cm³/mol. The van der Waals surface area contributed by atoms with Crippen LogP contribution in [0.2, 0.25) is 22.2 Å². The van der Waals surface area contributed by atoms with Gasteiger partial charge in [-0.05, 0) is 0 Å². The van der Waals surface area contributed by atoms with Crippen molar-refractivity contribution >= 4 is 65.2 Å². The van der Waals surface area contributed by atoms with Gasteiger partial charge < -0.3 is 0 Å². The third kappa shape index (κ3) is 10.6. The molecule has 1 aliphatic rings. The van der Waals surface area contributed by atoms with E-state index >= 15 is 0 Å². The molecule has 174 valence electrons. The number of rotatable bonds is 16. The fourth-order valence-corrected chi connectivity index (χ4v) is 554. The summed E-state index contributed by atoms with van der Waals surface area (Å²) in [6, 6.07) is 0. The van der Waals surface area contributed by atoms with Crippen molar-refractivity contribution in [1.82, 2.24) is 0 Å². The van der Waals surface area contributed by atoms with Gasteiger partial charge in [-0.1, -0.05) is 0 Å². The van der Waals surface area contributed by atoms with E-state index in [0.717, 1.165) is 0 Å². The summed E-state index contributed by atoms with van der Waals surface area (Å²) >= 11 is -6.99. The monoisotopic (exact) mass is 792 g/mol. The molecule has 0 aromatic carbocycles. The molecule has 1 heterocycles. The summed E-state index contributed by atoms with van der Waals surface area (Å²) in [6.45, 7) is 16.0. The molecule has 0 saturated carbocycles. The summed E-state index contributed by atoms with van der Waals surface area (Å²) in [7, 11) is 0. The van der Waals surface area contributed by atoms with Gasteiger partial charge in [0.1, 0.15) is 0 Å². The Kier molecular flexibility index (Phi) is 17.7. The zero-order valence-corrected chi connectivity index (χ0v) is 31.6. The van der Waals surface area contributed by atoms with Crippen molar-refractivity contribution < 1.29 is 0 Å². The van der Waals surface area contributed by atoms with Gasteiger partial charge in [0.15, 0.2) is 0 Å². The predicted octanol–water partition coefficient (Wildman–Crippen LogP) is 10.6. The van der Waals surface area contributed by atoms with Gasteiger partial charge >= 0.3 is 208 Å². The summed E-state index contributed by atoms with van der Waals surface area (Å²) in [5, 5.41) is 0. The SMILES string of the molecule is C=C=C=[CH][Sn]1([CH2]CCC)[S][Sn]([CH2]CCC)([CH2]CCC)[S][Sn]([CH2]CCC)([CH2]CCC)[S]1. The van der Waals surface area contributed by atoms with Gasteiger partial charge in [-0.3, -0.25) is 0 Å². The molecule has 0 aromatic rings. The van der Waals surface area contributed by atoms with Crippen LogP contribution in [0.4, 0.5) is 0 Å². The van der Waals surface area contributed by atoms with Crippen LogP contribution >= 0.6 is 18.4 Å². The first-order valence-corrected chi connectivity index (χ1v) is 47.9. The topological polar surface area (TPSA) is 0 Å². The number of unbranched alkanes of at least 4 members (excludes halogenated alkanes) is 5. The van der Waals surface area contributed by atoms with Crippen LogP contribution < -0.4 is 0 Å². The molecule has 0 radical (unpaired) electrons. The van der Waals surface area contributed by atoms with Crippen LogP contribution in [0.5, 0.6) is 0 Å². The molecule has 0 N–H and O–H groups in total. The van der Waals surface area contributed by atoms with E-state index in [2.05, 4.69) is 75.1 Å². The van der Waals surface area contributed by atoms with E-state index in [0.29, 0.717) is 0 Å². The Morgan fingerprint density at radius 1 is 0.600 bits per heavy atom. The minimum absolute atomic E-state index is 1.36. The van der Waals surface area contributed by atoms with E-state index in [9.17, 15) is 0 Å². The molecule has 1 rings (SSSR count). The Labute approximate surface area is 205 Å². The van der Waals surface area contributed by atoms with Crippen molar-refractivity contribution in [2.24, 2.45) is 0 Å². The molecule has 1 saturated heterocycles. The Balaban J connectivity index is 3.50. The molecule has 0 unspecified atom stereocenters. The minimum atomic E-state index is -2.48. The third-order valence-electron chi connectivity index (χ3n) is 6.01. The maximum absolute atomic E-state index is 3.90. The van der Waals surface area contributed by atoms with Crippen molar-refractivity contribution in [2.45, 2.75) is 121 Å². The van der Waals surface area contributed by atoms with Gasteiger partial charge in [-0.15, -0.1) is 0 Å². The van der Waals surface area contributed by atoms with Crippen molar-refractivity contribution in [3.63, 3.8) is 0 Å².